The third kappa shape index (κ3) is 3.58. The van der Waals surface area contributed by atoms with Gasteiger partial charge in [-0.3, -0.25) is 0 Å². The van der Waals surface area contributed by atoms with Crippen molar-refractivity contribution in [2.45, 2.75) is 13.0 Å². The summed E-state index contributed by atoms with van der Waals surface area (Å²) in [7, 11) is 0. The summed E-state index contributed by atoms with van der Waals surface area (Å²) in [6, 6.07) is 6.78. The van der Waals surface area contributed by atoms with Crippen LogP contribution in [0.4, 0.5) is 4.39 Å². The molecule has 0 saturated carbocycles. The van der Waals surface area contributed by atoms with Gasteiger partial charge in [0, 0.05) is 14.9 Å². The molecule has 1 N–H and O–H groups in total. The predicted octanol–water partition coefficient (Wildman–Crippen LogP) is 5.76. The minimum absolute atomic E-state index is 0.188. The lowest BCUT2D eigenvalue weighted by Crippen LogP contribution is -2.22. The zero-order valence-electron chi connectivity index (χ0n) is 10.0. The molecule has 1 heterocycles. The highest BCUT2D eigenvalue weighted by atomic mass is 79.9. The molecule has 2 aromatic rings. The van der Waals surface area contributed by atoms with E-state index in [-0.39, 0.29) is 11.9 Å². The molecule has 0 bridgehead atoms. The van der Waals surface area contributed by atoms with E-state index >= 15 is 0 Å². The van der Waals surface area contributed by atoms with Crippen LogP contribution in [0.3, 0.4) is 0 Å². The largest absolute Gasteiger partial charge is 0.306 e. The summed E-state index contributed by atoms with van der Waals surface area (Å²) < 4.78 is 15.7. The molecule has 1 nitrogen and oxygen atoms in total. The van der Waals surface area contributed by atoms with Gasteiger partial charge in [0.1, 0.15) is 5.82 Å². The van der Waals surface area contributed by atoms with Gasteiger partial charge in [0.15, 0.2) is 0 Å². The second kappa shape index (κ2) is 6.68. The van der Waals surface area contributed by atoms with Crippen molar-refractivity contribution >= 4 is 54.8 Å². The van der Waals surface area contributed by atoms with Crippen LogP contribution in [0.25, 0.3) is 0 Å². The Hall–Kier alpha value is 0.0600. The van der Waals surface area contributed by atoms with Gasteiger partial charge in [0.25, 0.3) is 0 Å². The molecule has 1 atom stereocenters. The van der Waals surface area contributed by atoms with Crippen LogP contribution >= 0.6 is 54.8 Å². The van der Waals surface area contributed by atoms with Crippen molar-refractivity contribution in [2.75, 3.05) is 6.54 Å². The summed E-state index contributed by atoms with van der Waals surface area (Å²) in [5.41, 5.74) is 0.621. The normalized spacial score (nSPS) is 12.7. The maximum Gasteiger partial charge on any atom is 0.129 e. The maximum absolute atomic E-state index is 14.1. The molecule has 1 aromatic carbocycles. The zero-order valence-corrected chi connectivity index (χ0v) is 14.8. The third-order valence-electron chi connectivity index (χ3n) is 2.63. The molecule has 1 unspecified atom stereocenters. The highest BCUT2D eigenvalue weighted by Crippen LogP contribution is 2.38. The van der Waals surface area contributed by atoms with Crippen LogP contribution in [0.1, 0.15) is 23.4 Å². The standard InChI is InChI=1S/C13H11Br2ClFNS/c1-2-18-12(11-6-9(16)13(15)19-11)8-4-3-7(14)5-10(8)17/h3-6,12,18H,2H2,1H3. The van der Waals surface area contributed by atoms with Crippen molar-refractivity contribution in [1.29, 1.82) is 0 Å². The molecular weight excluding hydrogens is 416 g/mol. The maximum atomic E-state index is 14.1. The van der Waals surface area contributed by atoms with Crippen molar-refractivity contribution in [3.63, 3.8) is 0 Å². The molecule has 0 aliphatic rings. The number of nitrogens with one attached hydrogen (secondary N) is 1. The van der Waals surface area contributed by atoms with Gasteiger partial charge in [0.05, 0.1) is 14.9 Å². The van der Waals surface area contributed by atoms with Gasteiger partial charge in [-0.05, 0) is 40.7 Å². The summed E-state index contributed by atoms with van der Waals surface area (Å²) in [5.74, 6) is -0.235. The van der Waals surface area contributed by atoms with E-state index in [1.807, 2.05) is 19.1 Å². The Balaban J connectivity index is 2.44. The van der Waals surface area contributed by atoms with E-state index in [1.165, 1.54) is 17.4 Å². The Morgan fingerprint density at radius 2 is 2.11 bits per heavy atom. The van der Waals surface area contributed by atoms with Crippen LogP contribution in [0.15, 0.2) is 32.5 Å². The molecule has 1 aromatic heterocycles. The average Bonchev–Trinajstić information content (AvgIpc) is 2.67. The Bertz CT molecular complexity index is 569. The predicted molar refractivity (Wildman–Crippen MR) is 86.6 cm³/mol. The summed E-state index contributed by atoms with van der Waals surface area (Å²) in [5, 5.41) is 3.94. The molecule has 102 valence electrons. The second-order valence-corrected chi connectivity index (χ2v) is 7.65. The van der Waals surface area contributed by atoms with Crippen LogP contribution in [-0.4, -0.2) is 6.54 Å². The van der Waals surface area contributed by atoms with Gasteiger partial charge in [-0.1, -0.05) is 40.5 Å². The lowest BCUT2D eigenvalue weighted by molar-refractivity contribution is 0.562. The van der Waals surface area contributed by atoms with E-state index in [1.54, 1.807) is 6.07 Å². The first kappa shape index (κ1) is 15.4. The highest BCUT2D eigenvalue weighted by molar-refractivity contribution is 9.11. The van der Waals surface area contributed by atoms with Gasteiger partial charge in [-0.25, -0.2) is 4.39 Å². The fourth-order valence-corrected chi connectivity index (χ4v) is 3.98. The summed E-state index contributed by atoms with van der Waals surface area (Å²) >= 11 is 14.2. The molecule has 0 radical (unpaired) electrons. The Kier molecular flexibility index (Phi) is 5.43. The van der Waals surface area contributed by atoms with E-state index < -0.39 is 0 Å². The molecule has 0 amide bonds. The molecule has 0 spiro atoms. The van der Waals surface area contributed by atoms with Gasteiger partial charge in [-0.2, -0.15) is 0 Å². The first-order chi connectivity index (χ1) is 9.02. The van der Waals surface area contributed by atoms with Crippen molar-refractivity contribution in [3.8, 4) is 0 Å². The summed E-state index contributed by atoms with van der Waals surface area (Å²) in [6.07, 6.45) is 0. The smallest absolute Gasteiger partial charge is 0.129 e. The lowest BCUT2D eigenvalue weighted by Gasteiger charge is -2.17. The SMILES string of the molecule is CCNC(c1cc(Cl)c(Br)s1)c1ccc(Br)cc1F. The van der Waals surface area contributed by atoms with E-state index in [9.17, 15) is 4.39 Å². The molecule has 6 heteroatoms. The molecule has 0 aliphatic heterocycles. The van der Waals surface area contributed by atoms with Crippen molar-refractivity contribution < 1.29 is 4.39 Å². The van der Waals surface area contributed by atoms with Crippen LogP contribution in [0.2, 0.25) is 5.02 Å². The summed E-state index contributed by atoms with van der Waals surface area (Å²) in [4.78, 5) is 0.986. The Morgan fingerprint density at radius 3 is 2.63 bits per heavy atom. The number of rotatable bonds is 4. The Morgan fingerprint density at radius 1 is 1.37 bits per heavy atom. The number of halogens is 4. The van der Waals surface area contributed by atoms with Gasteiger partial charge in [-0.15, -0.1) is 11.3 Å². The van der Waals surface area contributed by atoms with E-state index in [0.29, 0.717) is 10.6 Å². The monoisotopic (exact) mass is 425 g/mol. The quantitative estimate of drug-likeness (QED) is 0.654. The van der Waals surface area contributed by atoms with Gasteiger partial charge < -0.3 is 5.32 Å². The molecular formula is C13H11Br2ClFNS. The fourth-order valence-electron chi connectivity index (χ4n) is 1.81. The highest BCUT2D eigenvalue weighted by Gasteiger charge is 2.20. The van der Waals surface area contributed by atoms with Crippen LogP contribution < -0.4 is 5.32 Å². The number of hydrogen-bond acceptors (Lipinski definition) is 2. The molecule has 19 heavy (non-hydrogen) atoms. The molecule has 2 rings (SSSR count). The molecule has 0 fully saturated rings. The molecule has 0 aliphatic carbocycles. The van der Waals surface area contributed by atoms with Crippen LogP contribution in [0, 0.1) is 5.82 Å². The van der Waals surface area contributed by atoms with Gasteiger partial charge >= 0.3 is 0 Å². The minimum Gasteiger partial charge on any atom is -0.306 e. The topological polar surface area (TPSA) is 12.0 Å². The van der Waals surface area contributed by atoms with Crippen LogP contribution in [0.5, 0.6) is 0 Å². The third-order valence-corrected chi connectivity index (χ3v) is 5.66. The first-order valence-corrected chi connectivity index (χ1v) is 8.44. The van der Waals surface area contributed by atoms with E-state index in [0.717, 1.165) is 19.7 Å². The minimum atomic E-state index is -0.235. The van der Waals surface area contributed by atoms with Gasteiger partial charge in [0.2, 0.25) is 0 Å². The van der Waals surface area contributed by atoms with E-state index in [2.05, 4.69) is 37.2 Å². The number of hydrogen-bond donors (Lipinski definition) is 1. The lowest BCUT2D eigenvalue weighted by atomic mass is 10.0. The Labute approximate surface area is 137 Å². The number of benzene rings is 1. The second-order valence-electron chi connectivity index (χ2n) is 3.93. The van der Waals surface area contributed by atoms with E-state index in [4.69, 9.17) is 11.6 Å². The molecule has 0 saturated heterocycles. The first-order valence-electron chi connectivity index (χ1n) is 5.66. The van der Waals surface area contributed by atoms with Crippen LogP contribution in [-0.2, 0) is 0 Å². The summed E-state index contributed by atoms with van der Waals surface area (Å²) in [6.45, 7) is 2.74. The van der Waals surface area contributed by atoms with Crippen molar-refractivity contribution in [2.24, 2.45) is 0 Å². The van der Waals surface area contributed by atoms with Crippen molar-refractivity contribution in [3.05, 3.63) is 53.8 Å². The fraction of sp³-hybridized carbons (Fsp3) is 0.231. The van der Waals surface area contributed by atoms with Crippen molar-refractivity contribution in [1.82, 2.24) is 5.32 Å². The number of thiophene rings is 1. The average molecular weight is 428 g/mol. The zero-order chi connectivity index (χ0) is 14.0.